The zero-order valence-electron chi connectivity index (χ0n) is 15.2. The van der Waals surface area contributed by atoms with Crippen molar-refractivity contribution in [2.75, 3.05) is 23.7 Å². The van der Waals surface area contributed by atoms with Gasteiger partial charge in [-0.15, -0.1) is 4.40 Å². The molecule has 1 atom stereocenters. The summed E-state index contributed by atoms with van der Waals surface area (Å²) in [5.41, 5.74) is 1.32. The summed E-state index contributed by atoms with van der Waals surface area (Å²) in [5, 5.41) is 6.02. The molecule has 2 aliphatic rings. The predicted octanol–water partition coefficient (Wildman–Crippen LogP) is 1.33. The monoisotopic (exact) mass is 410 g/mol. The summed E-state index contributed by atoms with van der Waals surface area (Å²) in [6.45, 7) is 4.54. The van der Waals surface area contributed by atoms with Crippen LogP contribution in [0.2, 0.25) is 0 Å². The second-order valence-electron chi connectivity index (χ2n) is 6.48. The van der Waals surface area contributed by atoms with Crippen LogP contribution in [0.3, 0.4) is 0 Å². The lowest BCUT2D eigenvalue weighted by Gasteiger charge is -2.22. The topological polar surface area (TPSA) is 108 Å². The Morgan fingerprint density at radius 3 is 2.89 bits per heavy atom. The van der Waals surface area contributed by atoms with Gasteiger partial charge in [0.2, 0.25) is 5.91 Å². The number of carbonyl (C=O) groups excluding carboxylic acids is 2. The van der Waals surface area contributed by atoms with Gasteiger partial charge in [0.25, 0.3) is 15.9 Å². The molecule has 27 heavy (non-hydrogen) atoms. The molecule has 2 amide bonds. The minimum Gasteiger partial charge on any atom is -0.354 e. The number of rotatable bonds is 6. The van der Waals surface area contributed by atoms with Crippen LogP contribution in [-0.2, 0) is 14.8 Å². The first kappa shape index (κ1) is 19.7. The molecule has 0 spiro atoms. The van der Waals surface area contributed by atoms with E-state index in [4.69, 9.17) is 0 Å². The van der Waals surface area contributed by atoms with Gasteiger partial charge in [-0.3, -0.25) is 9.59 Å². The third kappa shape index (κ3) is 4.62. The number of fused-ring (bicyclic) bond motifs is 3. The predicted molar refractivity (Wildman–Crippen MR) is 106 cm³/mol. The quantitative estimate of drug-likeness (QED) is 0.733. The van der Waals surface area contributed by atoms with Crippen LogP contribution in [0.5, 0.6) is 0 Å². The molecule has 2 heterocycles. The Bertz CT molecular complexity index is 898. The molecule has 1 aromatic rings. The number of amidine groups is 1. The Labute approximate surface area is 162 Å². The fourth-order valence-corrected chi connectivity index (χ4v) is 5.01. The Hall–Kier alpha value is -2.07. The van der Waals surface area contributed by atoms with Gasteiger partial charge in [0.1, 0.15) is 0 Å². The molecule has 146 valence electrons. The van der Waals surface area contributed by atoms with E-state index < -0.39 is 10.0 Å². The van der Waals surface area contributed by atoms with Gasteiger partial charge in [-0.05, 0) is 43.3 Å². The molecule has 2 N–H and O–H groups in total. The molecule has 1 aromatic carbocycles. The molecule has 0 aromatic heterocycles. The van der Waals surface area contributed by atoms with Crippen LogP contribution in [0.4, 0.5) is 5.69 Å². The van der Waals surface area contributed by atoms with Gasteiger partial charge in [-0.2, -0.15) is 0 Å². The van der Waals surface area contributed by atoms with Crippen LogP contribution in [-0.4, -0.2) is 50.3 Å². The van der Waals surface area contributed by atoms with Crippen LogP contribution < -0.4 is 15.5 Å². The maximum atomic E-state index is 12.3. The van der Waals surface area contributed by atoms with E-state index in [2.05, 4.69) is 15.0 Å². The normalized spacial score (nSPS) is 18.1. The van der Waals surface area contributed by atoms with E-state index in [0.717, 1.165) is 17.0 Å². The van der Waals surface area contributed by atoms with E-state index in [-0.39, 0.29) is 36.6 Å². The Morgan fingerprint density at radius 2 is 2.15 bits per heavy atom. The lowest BCUT2D eigenvalue weighted by molar-refractivity contribution is -0.121. The number of nitrogens with one attached hydrogen (secondary N) is 2. The Balaban J connectivity index is 1.60. The van der Waals surface area contributed by atoms with Crippen LogP contribution in [0.25, 0.3) is 0 Å². The molecular weight excluding hydrogens is 388 g/mol. The van der Waals surface area contributed by atoms with Crippen LogP contribution >= 0.6 is 11.8 Å². The fraction of sp³-hybridized carbons (Fsp3) is 0.471. The van der Waals surface area contributed by atoms with Gasteiger partial charge < -0.3 is 15.5 Å². The minimum absolute atomic E-state index is 0.0164. The summed E-state index contributed by atoms with van der Waals surface area (Å²) in [7, 11) is -3.40. The third-order valence-corrected chi connectivity index (χ3v) is 6.70. The highest BCUT2D eigenvalue weighted by Gasteiger charge is 2.33. The molecule has 0 radical (unpaired) electrons. The average molecular weight is 411 g/mol. The van der Waals surface area contributed by atoms with Gasteiger partial charge >= 0.3 is 0 Å². The Morgan fingerprint density at radius 1 is 1.37 bits per heavy atom. The molecule has 8 nitrogen and oxygen atoms in total. The fourth-order valence-electron chi connectivity index (χ4n) is 2.71. The second-order valence-corrected chi connectivity index (χ2v) is 9.24. The molecular formula is C17H22N4O4S2. The molecule has 1 unspecified atom stereocenters. The van der Waals surface area contributed by atoms with Crippen molar-refractivity contribution >= 4 is 44.5 Å². The third-order valence-electron chi connectivity index (χ3n) is 4.39. The number of anilines is 1. The van der Waals surface area contributed by atoms with E-state index in [1.165, 1.54) is 11.8 Å². The van der Waals surface area contributed by atoms with Crippen molar-refractivity contribution in [3.63, 3.8) is 0 Å². The van der Waals surface area contributed by atoms with E-state index in [0.29, 0.717) is 17.3 Å². The standard InChI is InChI=1S/C17H22N4O4S2/c1-3-11(2)19-15(22)6-7-18-16(23)12-4-5-13-14(10-12)26-17-20-27(24,25)9-8-21(13)17/h4-5,10-11H,3,6-9H2,1-2H3,(H,18,23)(H,19,22). The van der Waals surface area contributed by atoms with Gasteiger partial charge in [-0.25, -0.2) is 8.42 Å². The summed E-state index contributed by atoms with van der Waals surface area (Å²) in [6.07, 6.45) is 1.08. The molecule has 0 aliphatic carbocycles. The highest BCUT2D eigenvalue weighted by Crippen LogP contribution is 2.42. The van der Waals surface area contributed by atoms with E-state index in [9.17, 15) is 18.0 Å². The van der Waals surface area contributed by atoms with E-state index >= 15 is 0 Å². The van der Waals surface area contributed by atoms with Gasteiger partial charge in [0.15, 0.2) is 5.17 Å². The van der Waals surface area contributed by atoms with Crippen molar-refractivity contribution in [2.45, 2.75) is 37.6 Å². The van der Waals surface area contributed by atoms with Crippen molar-refractivity contribution in [2.24, 2.45) is 4.40 Å². The Kier molecular flexibility index (Phi) is 5.75. The molecule has 0 saturated heterocycles. The first-order chi connectivity index (χ1) is 12.8. The van der Waals surface area contributed by atoms with Crippen molar-refractivity contribution in [3.8, 4) is 0 Å². The van der Waals surface area contributed by atoms with Crippen molar-refractivity contribution in [3.05, 3.63) is 23.8 Å². The number of hydrogen-bond donors (Lipinski definition) is 2. The average Bonchev–Trinajstić information content (AvgIpc) is 2.96. The van der Waals surface area contributed by atoms with Gasteiger partial charge in [-0.1, -0.05) is 6.92 Å². The zero-order chi connectivity index (χ0) is 19.6. The summed E-state index contributed by atoms with van der Waals surface area (Å²) >= 11 is 1.24. The smallest absolute Gasteiger partial charge is 0.257 e. The largest absolute Gasteiger partial charge is 0.354 e. The summed E-state index contributed by atoms with van der Waals surface area (Å²) in [5.74, 6) is -0.378. The number of carbonyl (C=O) groups is 2. The maximum absolute atomic E-state index is 12.3. The van der Waals surface area contributed by atoms with Crippen LogP contribution in [0.15, 0.2) is 27.5 Å². The number of thioether (sulfide) groups is 1. The summed E-state index contributed by atoms with van der Waals surface area (Å²) in [6, 6.07) is 5.34. The zero-order valence-corrected chi connectivity index (χ0v) is 16.8. The SMILES string of the molecule is CCC(C)NC(=O)CCNC(=O)c1ccc2c(c1)SC1=NS(=O)(=O)CCN12. The summed E-state index contributed by atoms with van der Waals surface area (Å²) in [4.78, 5) is 26.7. The first-order valence-electron chi connectivity index (χ1n) is 8.78. The van der Waals surface area contributed by atoms with Crippen LogP contribution in [0.1, 0.15) is 37.0 Å². The van der Waals surface area contributed by atoms with E-state index in [1.54, 1.807) is 18.2 Å². The van der Waals surface area contributed by atoms with Crippen molar-refractivity contribution in [1.29, 1.82) is 0 Å². The summed E-state index contributed by atoms with van der Waals surface area (Å²) < 4.78 is 27.1. The van der Waals surface area contributed by atoms with Crippen molar-refractivity contribution < 1.29 is 18.0 Å². The van der Waals surface area contributed by atoms with Gasteiger partial charge in [0, 0.05) is 36.0 Å². The highest BCUT2D eigenvalue weighted by molar-refractivity contribution is 8.15. The number of benzene rings is 1. The maximum Gasteiger partial charge on any atom is 0.257 e. The van der Waals surface area contributed by atoms with E-state index in [1.807, 2.05) is 18.7 Å². The molecule has 0 saturated carbocycles. The lowest BCUT2D eigenvalue weighted by Crippen LogP contribution is -2.35. The molecule has 2 aliphatic heterocycles. The lowest BCUT2D eigenvalue weighted by atomic mass is 10.2. The first-order valence-corrected chi connectivity index (χ1v) is 11.2. The number of amides is 2. The second kappa shape index (κ2) is 7.89. The van der Waals surface area contributed by atoms with Gasteiger partial charge in [0.05, 0.1) is 11.4 Å². The number of sulfonamides is 1. The number of nitrogens with zero attached hydrogens (tertiary/aromatic N) is 2. The molecule has 0 bridgehead atoms. The highest BCUT2D eigenvalue weighted by atomic mass is 32.2. The molecule has 10 heteroatoms. The molecule has 3 rings (SSSR count). The van der Waals surface area contributed by atoms with Crippen molar-refractivity contribution in [1.82, 2.24) is 10.6 Å². The van der Waals surface area contributed by atoms with Crippen LogP contribution in [0, 0.1) is 0 Å². The molecule has 0 fully saturated rings. The minimum atomic E-state index is -3.40. The number of hydrogen-bond acceptors (Lipinski definition) is 6.